The lowest BCUT2D eigenvalue weighted by atomic mass is 9.46. The van der Waals surface area contributed by atoms with Gasteiger partial charge in [0.2, 0.25) is 5.91 Å². The molecule has 3 saturated carbocycles. The van der Waals surface area contributed by atoms with Gasteiger partial charge in [0.15, 0.2) is 11.6 Å². The van der Waals surface area contributed by atoms with Gasteiger partial charge in [0.1, 0.15) is 11.4 Å². The van der Waals surface area contributed by atoms with Gasteiger partial charge in [-0.05, 0) is 26.8 Å². The van der Waals surface area contributed by atoms with Crippen molar-refractivity contribution in [1.82, 2.24) is 4.90 Å². The van der Waals surface area contributed by atoms with Crippen molar-refractivity contribution in [3.05, 3.63) is 35.6 Å². The van der Waals surface area contributed by atoms with E-state index >= 15 is 0 Å². The number of aliphatic hydroxyl groups excluding tert-OH is 1. The Morgan fingerprint density at radius 3 is 2.48 bits per heavy atom. The molecular formula is C19H23NO5. The highest BCUT2D eigenvalue weighted by atomic mass is 16.3. The quantitative estimate of drug-likeness (QED) is 0.341. The number of aliphatic hydroxyl groups is 2. The third-order valence-electron chi connectivity index (χ3n) is 6.13. The largest absolute Gasteiger partial charge is 0.508 e. The summed E-state index contributed by atoms with van der Waals surface area (Å²) in [5.41, 5.74) is -3.29. The van der Waals surface area contributed by atoms with E-state index in [1.165, 1.54) is 24.8 Å². The fourth-order valence-corrected chi connectivity index (χ4v) is 4.83. The maximum absolute atomic E-state index is 13.1. The Morgan fingerprint density at radius 2 is 1.88 bits per heavy atom. The van der Waals surface area contributed by atoms with E-state index in [2.05, 4.69) is 0 Å². The van der Waals surface area contributed by atoms with Gasteiger partial charge in [-0.3, -0.25) is 14.4 Å². The molecule has 0 aromatic heterocycles. The first-order valence-electron chi connectivity index (χ1n) is 8.40. The number of fused-ring (bicyclic) bond motifs is 2. The van der Waals surface area contributed by atoms with Gasteiger partial charge in [0.25, 0.3) is 0 Å². The van der Waals surface area contributed by atoms with Crippen LogP contribution in [0.15, 0.2) is 35.6 Å². The smallest absolute Gasteiger partial charge is 0.222 e. The van der Waals surface area contributed by atoms with E-state index in [-0.39, 0.29) is 23.7 Å². The average molecular weight is 345 g/mol. The maximum Gasteiger partial charge on any atom is 0.222 e. The third-order valence-corrected chi connectivity index (χ3v) is 6.13. The number of hydrogen-bond acceptors (Lipinski definition) is 5. The summed E-state index contributed by atoms with van der Waals surface area (Å²) in [6, 6.07) is -0.491. The van der Waals surface area contributed by atoms with Crippen LogP contribution in [0.1, 0.15) is 27.2 Å². The molecule has 2 bridgehead atoms. The van der Waals surface area contributed by atoms with Crippen molar-refractivity contribution in [3.8, 4) is 0 Å². The van der Waals surface area contributed by atoms with Crippen LogP contribution in [-0.4, -0.2) is 51.3 Å². The van der Waals surface area contributed by atoms with Crippen LogP contribution in [0.2, 0.25) is 0 Å². The van der Waals surface area contributed by atoms with Crippen LogP contribution in [0.5, 0.6) is 0 Å². The Kier molecular flexibility index (Phi) is 3.80. The molecule has 4 aliphatic rings. The second kappa shape index (κ2) is 5.39. The van der Waals surface area contributed by atoms with E-state index in [1.54, 1.807) is 25.3 Å². The SMILES string of the molecule is CC=CC=CC(O)=C1C(=O)[C@]2(C)C(=O)[C@@](C)(O)[C@@H]1[C@@H]1[C@H]2CC(=O)N1C. The van der Waals surface area contributed by atoms with Gasteiger partial charge in [-0.25, -0.2) is 0 Å². The summed E-state index contributed by atoms with van der Waals surface area (Å²) in [6.07, 6.45) is 6.52. The van der Waals surface area contributed by atoms with Crippen molar-refractivity contribution in [1.29, 1.82) is 0 Å². The minimum atomic E-state index is -1.82. The van der Waals surface area contributed by atoms with Gasteiger partial charge in [0, 0.05) is 36.9 Å². The van der Waals surface area contributed by atoms with E-state index in [0.717, 1.165) is 0 Å². The second-order valence-electron chi connectivity index (χ2n) is 7.48. The van der Waals surface area contributed by atoms with E-state index < -0.39 is 40.5 Å². The topological polar surface area (TPSA) is 94.9 Å². The zero-order valence-electron chi connectivity index (χ0n) is 14.8. The molecule has 4 rings (SSSR count). The van der Waals surface area contributed by atoms with Gasteiger partial charge in [-0.2, -0.15) is 0 Å². The fraction of sp³-hybridized carbons (Fsp3) is 0.526. The van der Waals surface area contributed by atoms with Crippen molar-refractivity contribution in [2.45, 2.75) is 38.8 Å². The van der Waals surface area contributed by atoms with Crippen LogP contribution in [0.3, 0.4) is 0 Å². The minimum Gasteiger partial charge on any atom is -0.508 e. The Balaban J connectivity index is 2.25. The number of carbonyl (C=O) groups excluding carboxylic acids is 3. The molecule has 4 fully saturated rings. The number of nitrogens with zero attached hydrogens (tertiary/aromatic N) is 1. The summed E-state index contributed by atoms with van der Waals surface area (Å²) < 4.78 is 0. The molecule has 1 saturated heterocycles. The minimum absolute atomic E-state index is 0.0376. The van der Waals surface area contributed by atoms with Crippen LogP contribution < -0.4 is 0 Å². The molecule has 25 heavy (non-hydrogen) atoms. The van der Waals surface area contributed by atoms with E-state index in [0.29, 0.717) is 0 Å². The van der Waals surface area contributed by atoms with Gasteiger partial charge >= 0.3 is 0 Å². The molecule has 0 radical (unpaired) electrons. The first-order chi connectivity index (χ1) is 11.6. The fourth-order valence-electron chi connectivity index (χ4n) is 4.83. The Morgan fingerprint density at radius 1 is 1.24 bits per heavy atom. The molecule has 3 aliphatic carbocycles. The van der Waals surface area contributed by atoms with Gasteiger partial charge in [-0.1, -0.05) is 18.2 Å². The Labute approximate surface area is 146 Å². The Hall–Kier alpha value is -2.21. The summed E-state index contributed by atoms with van der Waals surface area (Å²) in [5.74, 6) is -2.89. The predicted octanol–water partition coefficient (Wildman–Crippen LogP) is 1.32. The summed E-state index contributed by atoms with van der Waals surface area (Å²) in [6.45, 7) is 4.69. The van der Waals surface area contributed by atoms with Crippen LogP contribution in [0.25, 0.3) is 0 Å². The van der Waals surface area contributed by atoms with Crippen LogP contribution in [0.4, 0.5) is 0 Å². The summed E-state index contributed by atoms with van der Waals surface area (Å²) >= 11 is 0. The lowest BCUT2D eigenvalue weighted by molar-refractivity contribution is -0.180. The van der Waals surface area contributed by atoms with Crippen molar-refractivity contribution >= 4 is 17.5 Å². The number of ketones is 2. The van der Waals surface area contributed by atoms with Crippen LogP contribution in [0, 0.1) is 17.3 Å². The number of likely N-dealkylation sites (tertiary alicyclic amines) is 1. The van der Waals surface area contributed by atoms with Crippen LogP contribution in [-0.2, 0) is 14.4 Å². The second-order valence-corrected chi connectivity index (χ2v) is 7.48. The summed E-state index contributed by atoms with van der Waals surface area (Å²) in [5, 5.41) is 21.4. The summed E-state index contributed by atoms with van der Waals surface area (Å²) in [7, 11) is 1.62. The molecule has 0 spiro atoms. The van der Waals surface area contributed by atoms with Gasteiger partial charge in [-0.15, -0.1) is 0 Å². The maximum atomic E-state index is 13.1. The normalized spacial score (nSPS) is 42.8. The number of rotatable bonds is 2. The monoisotopic (exact) mass is 345 g/mol. The van der Waals surface area contributed by atoms with Crippen LogP contribution >= 0.6 is 0 Å². The number of carbonyl (C=O) groups is 3. The first-order valence-corrected chi connectivity index (χ1v) is 8.40. The van der Waals surface area contributed by atoms with Crippen molar-refractivity contribution in [3.63, 3.8) is 0 Å². The molecule has 6 nitrogen and oxygen atoms in total. The molecule has 6 heteroatoms. The van der Waals surface area contributed by atoms with Crippen molar-refractivity contribution < 1.29 is 24.6 Å². The molecule has 0 aromatic carbocycles. The first kappa shape index (κ1) is 17.6. The van der Waals surface area contributed by atoms with E-state index in [9.17, 15) is 24.6 Å². The standard InChI is InChI=1S/C19H23NO5/c1-5-6-7-8-11(21)13-14-15-10(9-12(22)20(15)4)18(2,16(13)23)17(24)19(14,3)25/h5-8,10,14-15,21,25H,9H2,1-4H3/t10-,14+,15+,18-,19+/m1/s1. The zero-order chi connectivity index (χ0) is 18.7. The van der Waals surface area contributed by atoms with Crippen molar-refractivity contribution in [2.24, 2.45) is 17.3 Å². The highest BCUT2D eigenvalue weighted by Crippen LogP contribution is 2.60. The Bertz CT molecular complexity index is 760. The highest BCUT2D eigenvalue weighted by molar-refractivity contribution is 6.22. The number of Topliss-reactive ketones (excluding diaryl/α,β-unsaturated/α-hetero) is 2. The van der Waals surface area contributed by atoms with Gasteiger partial charge in [0.05, 0.1) is 5.41 Å². The number of amides is 1. The molecule has 1 amide bonds. The number of allylic oxidation sites excluding steroid dienone is 4. The molecule has 1 aliphatic heterocycles. The number of hydrogen-bond donors (Lipinski definition) is 2. The summed E-state index contributed by atoms with van der Waals surface area (Å²) in [4.78, 5) is 39.7. The molecule has 1 heterocycles. The van der Waals surface area contributed by atoms with Crippen molar-refractivity contribution in [2.75, 3.05) is 7.05 Å². The predicted molar refractivity (Wildman–Crippen MR) is 90.5 cm³/mol. The lowest BCUT2D eigenvalue weighted by Crippen LogP contribution is -2.73. The molecule has 5 atom stereocenters. The molecule has 134 valence electrons. The molecule has 0 aromatic rings. The van der Waals surface area contributed by atoms with E-state index in [1.807, 2.05) is 6.92 Å². The molecular weight excluding hydrogens is 322 g/mol. The highest BCUT2D eigenvalue weighted by Gasteiger charge is 2.74. The molecule has 2 N–H and O–H groups in total. The zero-order valence-corrected chi connectivity index (χ0v) is 14.8. The van der Waals surface area contributed by atoms with Gasteiger partial charge < -0.3 is 15.1 Å². The average Bonchev–Trinajstić information content (AvgIpc) is 2.84. The molecule has 0 unspecified atom stereocenters. The van der Waals surface area contributed by atoms with E-state index in [4.69, 9.17) is 0 Å². The lowest BCUT2D eigenvalue weighted by Gasteiger charge is -2.57. The third kappa shape index (κ3) is 2.03.